The molecule has 1 amide bonds. The number of thioether (sulfide) groups is 1. The van der Waals surface area contributed by atoms with E-state index in [0.29, 0.717) is 0 Å². The van der Waals surface area contributed by atoms with Gasteiger partial charge in [0.05, 0.1) is 6.04 Å². The molecule has 2 atom stereocenters. The van der Waals surface area contributed by atoms with E-state index in [4.69, 9.17) is 0 Å². The van der Waals surface area contributed by atoms with Gasteiger partial charge in [-0.1, -0.05) is 20.8 Å². The van der Waals surface area contributed by atoms with E-state index in [1.807, 2.05) is 11.9 Å². The summed E-state index contributed by atoms with van der Waals surface area (Å²) in [6.45, 7) is 8.61. The van der Waals surface area contributed by atoms with Crippen LogP contribution in [0, 0.1) is 5.41 Å². The predicted octanol–water partition coefficient (Wildman–Crippen LogP) is 1.54. The zero-order valence-electron chi connectivity index (χ0n) is 10.3. The summed E-state index contributed by atoms with van der Waals surface area (Å²) in [5.41, 5.74) is 0.135. The van der Waals surface area contributed by atoms with Gasteiger partial charge in [-0.2, -0.15) is 0 Å². The van der Waals surface area contributed by atoms with Crippen molar-refractivity contribution in [3.8, 4) is 0 Å². The van der Waals surface area contributed by atoms with Crippen LogP contribution < -0.4 is 5.32 Å². The second-order valence-electron chi connectivity index (χ2n) is 5.26. The Hall–Kier alpha value is -0.220. The molecule has 4 heteroatoms. The van der Waals surface area contributed by atoms with Gasteiger partial charge in [0.1, 0.15) is 0 Å². The molecular formula is C11H22N2OS. The summed E-state index contributed by atoms with van der Waals surface area (Å²) >= 11 is 1.79. The summed E-state index contributed by atoms with van der Waals surface area (Å²) in [5, 5.41) is 3.22. The molecule has 1 N–H and O–H groups in total. The summed E-state index contributed by atoms with van der Waals surface area (Å²) in [6.07, 6.45) is 0. The maximum Gasteiger partial charge on any atom is 0.240 e. The minimum Gasteiger partial charge on any atom is -0.341 e. The van der Waals surface area contributed by atoms with Crippen molar-refractivity contribution in [1.82, 2.24) is 10.2 Å². The molecule has 2 unspecified atom stereocenters. The number of nitrogens with one attached hydrogen (secondary N) is 1. The van der Waals surface area contributed by atoms with E-state index in [1.54, 1.807) is 11.8 Å². The zero-order valence-corrected chi connectivity index (χ0v) is 11.1. The Morgan fingerprint density at radius 2 is 2.13 bits per heavy atom. The average molecular weight is 230 g/mol. The molecule has 0 radical (unpaired) electrons. The molecule has 0 aromatic carbocycles. The number of hydrogen-bond acceptors (Lipinski definition) is 3. The molecule has 1 fully saturated rings. The Bertz CT molecular complexity index is 231. The van der Waals surface area contributed by atoms with Gasteiger partial charge in [0.2, 0.25) is 5.91 Å². The molecule has 0 saturated carbocycles. The molecule has 1 aliphatic rings. The third kappa shape index (κ3) is 3.11. The van der Waals surface area contributed by atoms with E-state index in [2.05, 4.69) is 33.0 Å². The van der Waals surface area contributed by atoms with Crippen molar-refractivity contribution in [2.45, 2.75) is 39.8 Å². The minimum atomic E-state index is 0.0183. The Balaban J connectivity index is 2.59. The standard InChI is InChI=1S/C11H22N2OS/c1-8(11(2,3)4)13(5)10(14)9-6-15-7-12-9/h8-9,12H,6-7H2,1-5H3. The molecule has 0 aliphatic carbocycles. The fourth-order valence-corrected chi connectivity index (χ4v) is 2.50. The number of nitrogens with zero attached hydrogens (tertiary/aromatic N) is 1. The Labute approximate surface area is 97.0 Å². The second-order valence-corrected chi connectivity index (χ2v) is 6.29. The van der Waals surface area contributed by atoms with Crippen LogP contribution in [0.5, 0.6) is 0 Å². The van der Waals surface area contributed by atoms with Gasteiger partial charge in [0, 0.05) is 24.7 Å². The quantitative estimate of drug-likeness (QED) is 0.781. The van der Waals surface area contributed by atoms with Crippen LogP contribution in [0.15, 0.2) is 0 Å². The van der Waals surface area contributed by atoms with Gasteiger partial charge in [-0.05, 0) is 12.3 Å². The normalized spacial score (nSPS) is 23.9. The third-order valence-corrected chi connectivity index (χ3v) is 4.14. The lowest BCUT2D eigenvalue weighted by Gasteiger charge is -2.36. The van der Waals surface area contributed by atoms with Crippen molar-refractivity contribution in [2.24, 2.45) is 5.41 Å². The molecule has 1 heterocycles. The lowest BCUT2D eigenvalue weighted by molar-refractivity contribution is -0.135. The van der Waals surface area contributed by atoms with Crippen molar-refractivity contribution in [3.63, 3.8) is 0 Å². The SMILES string of the molecule is CC(N(C)C(=O)C1CSCN1)C(C)(C)C. The highest BCUT2D eigenvalue weighted by molar-refractivity contribution is 7.99. The first-order chi connectivity index (χ1) is 6.84. The van der Waals surface area contributed by atoms with Crippen LogP contribution in [0.2, 0.25) is 0 Å². The number of carbonyl (C=O) groups excluding carboxylic acids is 1. The summed E-state index contributed by atoms with van der Waals surface area (Å²) in [4.78, 5) is 14.0. The maximum atomic E-state index is 12.1. The predicted molar refractivity (Wildman–Crippen MR) is 65.9 cm³/mol. The molecule has 0 bridgehead atoms. The van der Waals surface area contributed by atoms with Crippen LogP contribution >= 0.6 is 11.8 Å². The molecule has 1 aliphatic heterocycles. The third-order valence-electron chi connectivity index (χ3n) is 3.20. The van der Waals surface area contributed by atoms with E-state index in [9.17, 15) is 4.79 Å². The van der Waals surface area contributed by atoms with E-state index in [-0.39, 0.29) is 23.4 Å². The lowest BCUT2D eigenvalue weighted by Crippen LogP contribution is -2.50. The fourth-order valence-electron chi connectivity index (χ4n) is 1.57. The molecule has 0 aromatic heterocycles. The van der Waals surface area contributed by atoms with Crippen LogP contribution in [0.4, 0.5) is 0 Å². The number of likely N-dealkylation sites (N-methyl/N-ethyl adjacent to an activating group) is 1. The Morgan fingerprint density at radius 1 is 1.53 bits per heavy atom. The first-order valence-electron chi connectivity index (χ1n) is 5.42. The number of hydrogen-bond donors (Lipinski definition) is 1. The highest BCUT2D eigenvalue weighted by atomic mass is 32.2. The summed E-state index contributed by atoms with van der Waals surface area (Å²) < 4.78 is 0. The minimum absolute atomic E-state index is 0.0183. The lowest BCUT2D eigenvalue weighted by atomic mass is 9.87. The van der Waals surface area contributed by atoms with Crippen molar-refractivity contribution in [1.29, 1.82) is 0 Å². The number of rotatable bonds is 2. The van der Waals surface area contributed by atoms with Crippen molar-refractivity contribution in [3.05, 3.63) is 0 Å². The van der Waals surface area contributed by atoms with Gasteiger partial charge in [-0.15, -0.1) is 11.8 Å². The average Bonchev–Trinajstić information content (AvgIpc) is 2.65. The first-order valence-corrected chi connectivity index (χ1v) is 6.57. The summed E-state index contributed by atoms with van der Waals surface area (Å²) in [5.74, 6) is 2.02. The zero-order chi connectivity index (χ0) is 11.6. The van der Waals surface area contributed by atoms with Gasteiger partial charge in [0.15, 0.2) is 0 Å². The smallest absolute Gasteiger partial charge is 0.240 e. The topological polar surface area (TPSA) is 32.3 Å². The van der Waals surface area contributed by atoms with E-state index in [0.717, 1.165) is 11.6 Å². The molecule has 3 nitrogen and oxygen atoms in total. The first kappa shape index (κ1) is 12.8. The highest BCUT2D eigenvalue weighted by Crippen LogP contribution is 2.24. The molecular weight excluding hydrogens is 208 g/mol. The van der Waals surface area contributed by atoms with E-state index >= 15 is 0 Å². The van der Waals surface area contributed by atoms with Crippen molar-refractivity contribution in [2.75, 3.05) is 18.7 Å². The van der Waals surface area contributed by atoms with Crippen LogP contribution in [0.3, 0.4) is 0 Å². The van der Waals surface area contributed by atoms with Crippen molar-refractivity contribution >= 4 is 17.7 Å². The largest absolute Gasteiger partial charge is 0.341 e. The van der Waals surface area contributed by atoms with E-state index in [1.165, 1.54) is 0 Å². The molecule has 0 spiro atoms. The Morgan fingerprint density at radius 3 is 2.53 bits per heavy atom. The molecule has 15 heavy (non-hydrogen) atoms. The van der Waals surface area contributed by atoms with Crippen LogP contribution in [0.25, 0.3) is 0 Å². The molecule has 1 saturated heterocycles. The maximum absolute atomic E-state index is 12.1. The van der Waals surface area contributed by atoms with Crippen LogP contribution in [-0.4, -0.2) is 41.6 Å². The summed E-state index contributed by atoms with van der Waals surface area (Å²) in [6, 6.07) is 0.280. The summed E-state index contributed by atoms with van der Waals surface area (Å²) in [7, 11) is 1.91. The number of carbonyl (C=O) groups is 1. The second kappa shape index (κ2) is 4.74. The molecule has 88 valence electrons. The number of amides is 1. The van der Waals surface area contributed by atoms with E-state index < -0.39 is 0 Å². The highest BCUT2D eigenvalue weighted by Gasteiger charge is 2.32. The monoisotopic (exact) mass is 230 g/mol. The Kier molecular flexibility index (Phi) is 4.06. The fraction of sp³-hybridized carbons (Fsp3) is 0.909. The van der Waals surface area contributed by atoms with Crippen molar-refractivity contribution < 1.29 is 4.79 Å². The molecule has 0 aromatic rings. The van der Waals surface area contributed by atoms with Gasteiger partial charge in [0.25, 0.3) is 0 Å². The van der Waals surface area contributed by atoms with Gasteiger partial charge in [-0.25, -0.2) is 0 Å². The van der Waals surface area contributed by atoms with Crippen LogP contribution in [0.1, 0.15) is 27.7 Å². The van der Waals surface area contributed by atoms with Gasteiger partial charge in [-0.3, -0.25) is 10.1 Å². The molecule has 1 rings (SSSR count). The van der Waals surface area contributed by atoms with Crippen LogP contribution in [-0.2, 0) is 4.79 Å². The van der Waals surface area contributed by atoms with Gasteiger partial charge >= 0.3 is 0 Å². The van der Waals surface area contributed by atoms with Gasteiger partial charge < -0.3 is 4.90 Å².